The van der Waals surface area contributed by atoms with E-state index in [0.717, 1.165) is 27.8 Å². The van der Waals surface area contributed by atoms with Crippen molar-refractivity contribution in [3.8, 4) is 10.7 Å². The van der Waals surface area contributed by atoms with Crippen molar-refractivity contribution in [1.82, 2.24) is 9.97 Å². The van der Waals surface area contributed by atoms with Crippen LogP contribution in [0.15, 0.2) is 36.5 Å². The van der Waals surface area contributed by atoms with Gasteiger partial charge in [0.2, 0.25) is 0 Å². The number of thiazole rings is 1. The third kappa shape index (κ3) is 2.08. The van der Waals surface area contributed by atoms with E-state index >= 15 is 0 Å². The zero-order valence-corrected chi connectivity index (χ0v) is 10.9. The van der Waals surface area contributed by atoms with E-state index in [2.05, 4.69) is 9.97 Å². The highest BCUT2D eigenvalue weighted by molar-refractivity contribution is 7.16. The molecule has 94 valence electrons. The van der Waals surface area contributed by atoms with E-state index in [1.165, 1.54) is 6.20 Å². The number of carboxylic acids is 1. The van der Waals surface area contributed by atoms with E-state index in [0.29, 0.717) is 10.7 Å². The summed E-state index contributed by atoms with van der Waals surface area (Å²) in [6.45, 7) is 2.01. The Balaban J connectivity index is 2.16. The molecule has 0 aliphatic rings. The molecule has 1 N–H and O–H groups in total. The molecule has 1 aromatic carbocycles. The molecule has 0 spiro atoms. The van der Waals surface area contributed by atoms with E-state index in [-0.39, 0.29) is 4.88 Å². The van der Waals surface area contributed by atoms with Gasteiger partial charge < -0.3 is 5.11 Å². The Bertz CT molecular complexity index is 780. The molecule has 2 heterocycles. The molecule has 0 bridgehead atoms. The number of aromatic nitrogens is 2. The molecule has 3 aromatic rings. The number of nitrogens with zero attached hydrogens (tertiary/aromatic N) is 2. The third-order valence-corrected chi connectivity index (χ3v) is 3.87. The molecular weight excluding hydrogens is 260 g/mol. The SMILES string of the molecule is Cc1cc(-c2ncc(C(=O)O)s2)nc2ccccc12. The summed E-state index contributed by atoms with van der Waals surface area (Å²) in [5.41, 5.74) is 2.71. The second kappa shape index (κ2) is 4.44. The topological polar surface area (TPSA) is 63.1 Å². The number of rotatable bonds is 2. The zero-order valence-electron chi connectivity index (χ0n) is 10.1. The molecule has 0 aliphatic carbocycles. The monoisotopic (exact) mass is 270 g/mol. The quantitative estimate of drug-likeness (QED) is 0.775. The fourth-order valence-corrected chi connectivity index (χ4v) is 2.67. The molecule has 0 radical (unpaired) electrons. The smallest absolute Gasteiger partial charge is 0.347 e. The van der Waals surface area contributed by atoms with Gasteiger partial charge in [-0.3, -0.25) is 0 Å². The molecule has 2 aromatic heterocycles. The minimum absolute atomic E-state index is 0.225. The number of carbonyl (C=O) groups is 1. The summed E-state index contributed by atoms with van der Waals surface area (Å²) in [5.74, 6) is -0.957. The summed E-state index contributed by atoms with van der Waals surface area (Å²) in [6, 6.07) is 9.81. The number of benzene rings is 1. The van der Waals surface area contributed by atoms with Crippen molar-refractivity contribution in [2.24, 2.45) is 0 Å². The first kappa shape index (κ1) is 11.8. The second-order valence-electron chi connectivity index (χ2n) is 4.18. The maximum atomic E-state index is 10.9. The lowest BCUT2D eigenvalue weighted by Gasteiger charge is -2.03. The molecule has 0 amide bonds. The summed E-state index contributed by atoms with van der Waals surface area (Å²) in [6.07, 6.45) is 1.37. The van der Waals surface area contributed by atoms with E-state index < -0.39 is 5.97 Å². The van der Waals surface area contributed by atoms with Crippen LogP contribution in [0.5, 0.6) is 0 Å². The van der Waals surface area contributed by atoms with E-state index in [4.69, 9.17) is 5.11 Å². The molecule has 0 unspecified atom stereocenters. The maximum Gasteiger partial charge on any atom is 0.347 e. The molecule has 4 nitrogen and oxygen atoms in total. The first-order valence-electron chi connectivity index (χ1n) is 5.71. The highest BCUT2D eigenvalue weighted by atomic mass is 32.1. The normalized spacial score (nSPS) is 10.8. The van der Waals surface area contributed by atoms with Gasteiger partial charge in [0.15, 0.2) is 0 Å². The Labute approximate surface area is 113 Å². The van der Waals surface area contributed by atoms with Crippen molar-refractivity contribution >= 4 is 28.2 Å². The van der Waals surface area contributed by atoms with Crippen molar-refractivity contribution in [1.29, 1.82) is 0 Å². The molecular formula is C14H10N2O2S. The van der Waals surface area contributed by atoms with E-state index in [1.54, 1.807) is 0 Å². The summed E-state index contributed by atoms with van der Waals surface area (Å²) in [5, 5.41) is 10.7. The summed E-state index contributed by atoms with van der Waals surface area (Å²) >= 11 is 1.14. The van der Waals surface area contributed by atoms with Gasteiger partial charge in [-0.1, -0.05) is 18.2 Å². The van der Waals surface area contributed by atoms with Crippen LogP contribution in [-0.4, -0.2) is 21.0 Å². The van der Waals surface area contributed by atoms with Crippen LogP contribution in [0.1, 0.15) is 15.2 Å². The number of pyridine rings is 1. The van der Waals surface area contributed by atoms with Gasteiger partial charge in [0.1, 0.15) is 9.88 Å². The Morgan fingerprint density at radius 1 is 1.32 bits per heavy atom. The van der Waals surface area contributed by atoms with Gasteiger partial charge >= 0.3 is 5.97 Å². The van der Waals surface area contributed by atoms with Crippen molar-refractivity contribution in [2.45, 2.75) is 6.92 Å². The molecule has 0 saturated heterocycles. The van der Waals surface area contributed by atoms with Crippen molar-refractivity contribution in [3.63, 3.8) is 0 Å². The lowest BCUT2D eigenvalue weighted by Crippen LogP contribution is -1.89. The fraction of sp³-hybridized carbons (Fsp3) is 0.0714. The summed E-state index contributed by atoms with van der Waals surface area (Å²) < 4.78 is 0. The predicted octanol–water partition coefficient (Wildman–Crippen LogP) is 3.36. The average Bonchev–Trinajstić information content (AvgIpc) is 2.88. The lowest BCUT2D eigenvalue weighted by atomic mass is 10.1. The van der Waals surface area contributed by atoms with Crippen LogP contribution in [0.4, 0.5) is 0 Å². The number of hydrogen-bond acceptors (Lipinski definition) is 4. The Hall–Kier alpha value is -2.27. The lowest BCUT2D eigenvalue weighted by molar-refractivity contribution is 0.0702. The number of aryl methyl sites for hydroxylation is 1. The summed E-state index contributed by atoms with van der Waals surface area (Å²) in [7, 11) is 0. The van der Waals surface area contributed by atoms with Crippen LogP contribution in [0.25, 0.3) is 21.6 Å². The summed E-state index contributed by atoms with van der Waals surface area (Å²) in [4.78, 5) is 19.8. The molecule has 0 atom stereocenters. The van der Waals surface area contributed by atoms with Gasteiger partial charge in [-0.2, -0.15) is 0 Å². The van der Waals surface area contributed by atoms with Crippen molar-refractivity contribution < 1.29 is 9.90 Å². The van der Waals surface area contributed by atoms with Gasteiger partial charge in [0, 0.05) is 5.39 Å². The van der Waals surface area contributed by atoms with Crippen molar-refractivity contribution in [2.75, 3.05) is 0 Å². The van der Waals surface area contributed by atoms with Gasteiger partial charge in [-0.25, -0.2) is 14.8 Å². The minimum Gasteiger partial charge on any atom is -0.477 e. The van der Waals surface area contributed by atoms with Gasteiger partial charge in [-0.05, 0) is 24.6 Å². The highest BCUT2D eigenvalue weighted by Gasteiger charge is 2.12. The second-order valence-corrected chi connectivity index (χ2v) is 5.21. The van der Waals surface area contributed by atoms with Gasteiger partial charge in [-0.15, -0.1) is 11.3 Å². The Morgan fingerprint density at radius 2 is 2.11 bits per heavy atom. The molecule has 3 rings (SSSR count). The fourth-order valence-electron chi connectivity index (χ4n) is 1.95. The molecule has 5 heteroatoms. The third-order valence-electron chi connectivity index (χ3n) is 2.86. The average molecular weight is 270 g/mol. The number of carboxylic acid groups (broad SMARTS) is 1. The number of hydrogen-bond donors (Lipinski definition) is 1. The van der Waals surface area contributed by atoms with Crippen LogP contribution in [0.2, 0.25) is 0 Å². The largest absolute Gasteiger partial charge is 0.477 e. The molecule has 19 heavy (non-hydrogen) atoms. The molecule has 0 fully saturated rings. The predicted molar refractivity (Wildman–Crippen MR) is 74.5 cm³/mol. The first-order chi connectivity index (χ1) is 9.15. The standard InChI is InChI=1S/C14H10N2O2S/c1-8-6-11(13-15-7-12(19-13)14(17)18)16-10-5-3-2-4-9(8)10/h2-7H,1H3,(H,17,18). The molecule has 0 saturated carbocycles. The highest BCUT2D eigenvalue weighted by Crippen LogP contribution is 2.27. The van der Waals surface area contributed by atoms with Crippen LogP contribution in [0, 0.1) is 6.92 Å². The van der Waals surface area contributed by atoms with Gasteiger partial charge in [0.25, 0.3) is 0 Å². The first-order valence-corrected chi connectivity index (χ1v) is 6.52. The van der Waals surface area contributed by atoms with Crippen LogP contribution in [-0.2, 0) is 0 Å². The van der Waals surface area contributed by atoms with Crippen LogP contribution >= 0.6 is 11.3 Å². The number of aromatic carboxylic acids is 1. The zero-order chi connectivity index (χ0) is 13.4. The molecule has 0 aliphatic heterocycles. The number of para-hydroxylation sites is 1. The minimum atomic E-state index is -0.957. The Morgan fingerprint density at radius 3 is 2.84 bits per heavy atom. The van der Waals surface area contributed by atoms with E-state index in [1.807, 2.05) is 37.3 Å². The maximum absolute atomic E-state index is 10.9. The van der Waals surface area contributed by atoms with Gasteiger partial charge in [0.05, 0.1) is 17.4 Å². The van der Waals surface area contributed by atoms with Crippen LogP contribution < -0.4 is 0 Å². The number of fused-ring (bicyclic) bond motifs is 1. The van der Waals surface area contributed by atoms with E-state index in [9.17, 15) is 4.79 Å². The Kier molecular flexibility index (Phi) is 2.76. The van der Waals surface area contributed by atoms with Crippen LogP contribution in [0.3, 0.4) is 0 Å². The van der Waals surface area contributed by atoms with Crippen molar-refractivity contribution in [3.05, 3.63) is 47.0 Å².